The standard InChI is InChI=1S/C18H21FN2O3/c1-13(22)10-20-18(23)21-11-14-6-8-16(9-7-14)24-12-15-4-2-3-5-17(15)19/h2-9,13,22H,10-12H2,1H3,(H2,20,21,23)/t13-/m1/s1. The second-order valence-electron chi connectivity index (χ2n) is 5.44. The van der Waals surface area contributed by atoms with Gasteiger partial charge in [0, 0.05) is 18.7 Å². The van der Waals surface area contributed by atoms with Gasteiger partial charge in [-0.25, -0.2) is 9.18 Å². The monoisotopic (exact) mass is 332 g/mol. The molecule has 2 rings (SSSR count). The zero-order chi connectivity index (χ0) is 17.4. The van der Waals surface area contributed by atoms with E-state index in [9.17, 15) is 9.18 Å². The number of benzene rings is 2. The van der Waals surface area contributed by atoms with Gasteiger partial charge in [-0.2, -0.15) is 0 Å². The molecule has 0 heterocycles. The number of hydrogen-bond donors (Lipinski definition) is 3. The second-order valence-corrected chi connectivity index (χ2v) is 5.44. The average Bonchev–Trinajstić information content (AvgIpc) is 2.58. The third-order valence-electron chi connectivity index (χ3n) is 3.29. The summed E-state index contributed by atoms with van der Waals surface area (Å²) >= 11 is 0. The van der Waals surface area contributed by atoms with Crippen molar-refractivity contribution < 1.29 is 19.0 Å². The summed E-state index contributed by atoms with van der Waals surface area (Å²) in [4.78, 5) is 11.5. The highest BCUT2D eigenvalue weighted by Crippen LogP contribution is 2.15. The van der Waals surface area contributed by atoms with Crippen molar-refractivity contribution in [2.75, 3.05) is 6.54 Å². The van der Waals surface area contributed by atoms with Crippen molar-refractivity contribution in [3.8, 4) is 5.75 Å². The maximum Gasteiger partial charge on any atom is 0.315 e. The number of aliphatic hydroxyl groups excluding tert-OH is 1. The lowest BCUT2D eigenvalue weighted by molar-refractivity contribution is 0.187. The number of carbonyl (C=O) groups excluding carboxylic acids is 1. The minimum atomic E-state index is -0.582. The predicted octanol–water partition coefficient (Wildman–Crippen LogP) is 2.58. The molecule has 2 aromatic rings. The van der Waals surface area contributed by atoms with Gasteiger partial charge < -0.3 is 20.5 Å². The van der Waals surface area contributed by atoms with Crippen molar-refractivity contribution >= 4 is 6.03 Å². The number of aliphatic hydroxyl groups is 1. The van der Waals surface area contributed by atoms with Gasteiger partial charge in [0.2, 0.25) is 0 Å². The van der Waals surface area contributed by atoms with Crippen LogP contribution in [0.5, 0.6) is 5.75 Å². The van der Waals surface area contributed by atoms with Crippen molar-refractivity contribution in [2.24, 2.45) is 0 Å². The fraction of sp³-hybridized carbons (Fsp3) is 0.278. The number of urea groups is 1. The van der Waals surface area contributed by atoms with Crippen LogP contribution in [0.15, 0.2) is 48.5 Å². The fourth-order valence-electron chi connectivity index (χ4n) is 1.97. The molecule has 1 atom stereocenters. The maximum atomic E-state index is 13.5. The van der Waals surface area contributed by atoms with E-state index in [0.29, 0.717) is 17.9 Å². The first-order valence-corrected chi connectivity index (χ1v) is 7.69. The smallest absolute Gasteiger partial charge is 0.315 e. The number of amides is 2. The Balaban J connectivity index is 1.78. The molecule has 0 aliphatic rings. The minimum absolute atomic E-state index is 0.159. The highest BCUT2D eigenvalue weighted by molar-refractivity contribution is 5.73. The first kappa shape index (κ1) is 17.7. The molecule has 0 aromatic heterocycles. The van der Waals surface area contributed by atoms with E-state index in [-0.39, 0.29) is 25.0 Å². The van der Waals surface area contributed by atoms with Crippen LogP contribution in [-0.2, 0) is 13.2 Å². The summed E-state index contributed by atoms with van der Waals surface area (Å²) in [6.45, 7) is 2.32. The van der Waals surface area contributed by atoms with Crippen LogP contribution in [0, 0.1) is 5.82 Å². The van der Waals surface area contributed by atoms with Gasteiger partial charge in [-0.1, -0.05) is 30.3 Å². The molecule has 0 spiro atoms. The SMILES string of the molecule is C[C@@H](O)CNC(=O)NCc1ccc(OCc2ccccc2F)cc1. The number of halogens is 1. The highest BCUT2D eigenvalue weighted by atomic mass is 19.1. The molecule has 128 valence electrons. The maximum absolute atomic E-state index is 13.5. The molecule has 0 fully saturated rings. The van der Waals surface area contributed by atoms with Gasteiger partial charge in [0.25, 0.3) is 0 Å². The number of nitrogens with one attached hydrogen (secondary N) is 2. The Morgan fingerprint density at radius 2 is 1.88 bits per heavy atom. The van der Waals surface area contributed by atoms with Gasteiger partial charge in [-0.3, -0.25) is 0 Å². The first-order valence-electron chi connectivity index (χ1n) is 7.69. The molecule has 0 saturated heterocycles. The third kappa shape index (κ3) is 5.89. The summed E-state index contributed by atoms with van der Waals surface area (Å²) in [5.41, 5.74) is 1.40. The number of hydrogen-bond acceptors (Lipinski definition) is 3. The zero-order valence-corrected chi connectivity index (χ0v) is 13.5. The molecule has 0 bridgehead atoms. The predicted molar refractivity (Wildman–Crippen MR) is 89.1 cm³/mol. The first-order chi connectivity index (χ1) is 11.5. The summed E-state index contributed by atoms with van der Waals surface area (Å²) in [7, 11) is 0. The third-order valence-corrected chi connectivity index (χ3v) is 3.29. The van der Waals surface area contributed by atoms with Crippen molar-refractivity contribution in [2.45, 2.75) is 26.2 Å². The van der Waals surface area contributed by atoms with Crippen LogP contribution in [0.25, 0.3) is 0 Å². The van der Waals surface area contributed by atoms with E-state index in [1.807, 2.05) is 12.1 Å². The van der Waals surface area contributed by atoms with E-state index in [0.717, 1.165) is 5.56 Å². The van der Waals surface area contributed by atoms with Crippen LogP contribution in [0.1, 0.15) is 18.1 Å². The van der Waals surface area contributed by atoms with E-state index in [4.69, 9.17) is 9.84 Å². The van der Waals surface area contributed by atoms with Gasteiger partial charge in [0.15, 0.2) is 0 Å². The molecule has 24 heavy (non-hydrogen) atoms. The van der Waals surface area contributed by atoms with Crippen molar-refractivity contribution in [3.05, 3.63) is 65.5 Å². The zero-order valence-electron chi connectivity index (χ0n) is 13.5. The summed E-state index contributed by atoms with van der Waals surface area (Å²) in [5, 5.41) is 14.3. The molecule has 0 radical (unpaired) electrons. The highest BCUT2D eigenvalue weighted by Gasteiger charge is 2.04. The fourth-order valence-corrected chi connectivity index (χ4v) is 1.97. The van der Waals surface area contributed by atoms with Gasteiger partial charge >= 0.3 is 6.03 Å². The normalized spacial score (nSPS) is 11.6. The Kier molecular flexibility index (Phi) is 6.57. The van der Waals surface area contributed by atoms with Crippen LogP contribution < -0.4 is 15.4 Å². The lowest BCUT2D eigenvalue weighted by Crippen LogP contribution is -2.38. The lowest BCUT2D eigenvalue weighted by atomic mass is 10.2. The van der Waals surface area contributed by atoms with Crippen molar-refractivity contribution in [3.63, 3.8) is 0 Å². The second kappa shape index (κ2) is 8.88. The molecule has 6 heteroatoms. The lowest BCUT2D eigenvalue weighted by Gasteiger charge is -2.10. The van der Waals surface area contributed by atoms with Crippen LogP contribution in [-0.4, -0.2) is 23.8 Å². The average molecular weight is 332 g/mol. The summed E-state index contributed by atoms with van der Waals surface area (Å²) in [6, 6.07) is 13.3. The van der Waals surface area contributed by atoms with Crippen molar-refractivity contribution in [1.29, 1.82) is 0 Å². The molecule has 3 N–H and O–H groups in total. The van der Waals surface area contributed by atoms with Gasteiger partial charge in [0.1, 0.15) is 18.2 Å². The van der Waals surface area contributed by atoms with Gasteiger partial charge in [-0.05, 0) is 30.7 Å². The molecular formula is C18H21FN2O3. The van der Waals surface area contributed by atoms with E-state index >= 15 is 0 Å². The van der Waals surface area contributed by atoms with E-state index in [1.54, 1.807) is 37.3 Å². The molecule has 2 aromatic carbocycles. The number of ether oxygens (including phenoxy) is 1. The van der Waals surface area contributed by atoms with Crippen LogP contribution in [0.3, 0.4) is 0 Å². The Morgan fingerprint density at radius 1 is 1.17 bits per heavy atom. The Labute approximate surface area is 140 Å². The van der Waals surface area contributed by atoms with E-state index in [1.165, 1.54) is 6.07 Å². The van der Waals surface area contributed by atoms with Gasteiger partial charge in [-0.15, -0.1) is 0 Å². The van der Waals surface area contributed by atoms with Crippen LogP contribution >= 0.6 is 0 Å². The van der Waals surface area contributed by atoms with E-state index in [2.05, 4.69) is 10.6 Å². The molecule has 0 unspecified atom stereocenters. The topological polar surface area (TPSA) is 70.6 Å². The summed E-state index contributed by atoms with van der Waals surface area (Å²) < 4.78 is 19.1. The van der Waals surface area contributed by atoms with Gasteiger partial charge in [0.05, 0.1) is 6.10 Å². The Hall–Kier alpha value is -2.60. The summed E-state index contributed by atoms with van der Waals surface area (Å²) in [6.07, 6.45) is -0.582. The molecular weight excluding hydrogens is 311 g/mol. The number of rotatable bonds is 7. The minimum Gasteiger partial charge on any atom is -0.489 e. The largest absolute Gasteiger partial charge is 0.489 e. The Bertz CT molecular complexity index is 660. The van der Waals surface area contributed by atoms with Crippen molar-refractivity contribution in [1.82, 2.24) is 10.6 Å². The van der Waals surface area contributed by atoms with E-state index < -0.39 is 6.10 Å². The Morgan fingerprint density at radius 3 is 2.54 bits per heavy atom. The van der Waals surface area contributed by atoms with Crippen LogP contribution in [0.2, 0.25) is 0 Å². The molecule has 5 nitrogen and oxygen atoms in total. The van der Waals surface area contributed by atoms with Crippen LogP contribution in [0.4, 0.5) is 9.18 Å². The quantitative estimate of drug-likeness (QED) is 0.730. The molecule has 0 aliphatic heterocycles. The molecule has 0 aliphatic carbocycles. The molecule has 2 amide bonds. The summed E-state index contributed by atoms with van der Waals surface area (Å²) in [5.74, 6) is 0.335. The molecule has 0 saturated carbocycles. The number of carbonyl (C=O) groups is 1.